The third kappa shape index (κ3) is 7.60. The number of amides is 1. The van der Waals surface area contributed by atoms with Crippen molar-refractivity contribution in [1.82, 2.24) is 15.5 Å². The van der Waals surface area contributed by atoms with E-state index in [0.29, 0.717) is 18.8 Å². The summed E-state index contributed by atoms with van der Waals surface area (Å²) in [6.45, 7) is 4.60. The summed E-state index contributed by atoms with van der Waals surface area (Å²) in [4.78, 5) is 24.8. The van der Waals surface area contributed by atoms with Crippen LogP contribution in [-0.4, -0.2) is 60.3 Å². The van der Waals surface area contributed by atoms with Crippen LogP contribution in [0.1, 0.15) is 50.7 Å². The molecule has 1 saturated heterocycles. The Balaban J connectivity index is 1.60. The van der Waals surface area contributed by atoms with E-state index in [4.69, 9.17) is 4.74 Å². The van der Waals surface area contributed by atoms with Crippen LogP contribution in [0.4, 0.5) is 5.69 Å². The molecule has 0 saturated carbocycles. The Hall–Kier alpha value is -2.23. The van der Waals surface area contributed by atoms with Gasteiger partial charge in [0.05, 0.1) is 35.4 Å². The third-order valence-corrected chi connectivity index (χ3v) is 5.05. The van der Waals surface area contributed by atoms with Crippen molar-refractivity contribution in [3.05, 3.63) is 33.9 Å². The first-order valence-corrected chi connectivity index (χ1v) is 10.2. The van der Waals surface area contributed by atoms with E-state index in [2.05, 4.69) is 15.5 Å². The van der Waals surface area contributed by atoms with Crippen molar-refractivity contribution in [1.29, 1.82) is 0 Å². The highest BCUT2D eigenvalue weighted by atomic mass is 16.6. The lowest BCUT2D eigenvalue weighted by Gasteiger charge is -2.33. The Bertz CT molecular complexity index is 683. The Labute approximate surface area is 171 Å². The van der Waals surface area contributed by atoms with Gasteiger partial charge >= 0.3 is 0 Å². The average molecular weight is 408 g/mol. The molecule has 1 aromatic carbocycles. The summed E-state index contributed by atoms with van der Waals surface area (Å²) < 4.78 is 5.59. The molecule has 2 rings (SSSR count). The average Bonchev–Trinajstić information content (AvgIpc) is 2.68. The number of nitro groups is 1. The minimum atomic E-state index is -0.906. The number of hydrogen-bond donors (Lipinski definition) is 3. The number of piperazine rings is 1. The summed E-state index contributed by atoms with van der Waals surface area (Å²) in [5.41, 5.74) is 0.137. The van der Waals surface area contributed by atoms with Crippen LogP contribution in [0, 0.1) is 10.1 Å². The van der Waals surface area contributed by atoms with Gasteiger partial charge in [0, 0.05) is 26.1 Å². The van der Waals surface area contributed by atoms with E-state index < -0.39 is 11.0 Å². The van der Waals surface area contributed by atoms with Gasteiger partial charge in [-0.2, -0.15) is 0 Å². The number of nitrogens with zero attached hydrogens (tertiary/aromatic N) is 2. The normalized spacial score (nSPS) is 18.2. The van der Waals surface area contributed by atoms with E-state index in [9.17, 15) is 20.0 Å². The molecule has 1 aromatic rings. The zero-order chi connectivity index (χ0) is 21.2. The molecule has 162 valence electrons. The minimum absolute atomic E-state index is 0.0638. The first-order chi connectivity index (χ1) is 13.9. The van der Waals surface area contributed by atoms with Crippen molar-refractivity contribution < 1.29 is 19.6 Å². The maximum atomic E-state index is 12.0. The fourth-order valence-electron chi connectivity index (χ4n) is 3.28. The molecule has 1 fully saturated rings. The minimum Gasteiger partial charge on any atom is -0.493 e. The van der Waals surface area contributed by atoms with Crippen LogP contribution < -0.4 is 15.4 Å². The molecule has 0 aliphatic carbocycles. The lowest BCUT2D eigenvalue weighted by atomic mass is 10.1. The van der Waals surface area contributed by atoms with Gasteiger partial charge in [0.15, 0.2) is 0 Å². The molecule has 1 heterocycles. The van der Waals surface area contributed by atoms with Gasteiger partial charge in [-0.1, -0.05) is 12.8 Å². The van der Waals surface area contributed by atoms with Crippen molar-refractivity contribution in [3.63, 3.8) is 0 Å². The predicted octanol–water partition coefficient (Wildman–Crippen LogP) is 1.95. The molecule has 2 unspecified atom stereocenters. The van der Waals surface area contributed by atoms with Crippen molar-refractivity contribution in [2.45, 2.75) is 51.3 Å². The number of unbranched alkanes of at least 4 members (excludes halogenated alkanes) is 3. The van der Waals surface area contributed by atoms with Crippen LogP contribution in [0.5, 0.6) is 5.75 Å². The second-order valence-electron chi connectivity index (χ2n) is 7.43. The third-order valence-electron chi connectivity index (χ3n) is 5.05. The zero-order valence-corrected chi connectivity index (χ0v) is 17.2. The molecule has 0 bridgehead atoms. The van der Waals surface area contributed by atoms with Crippen molar-refractivity contribution in [3.8, 4) is 5.75 Å². The molecule has 0 aromatic heterocycles. The van der Waals surface area contributed by atoms with E-state index in [-0.39, 0.29) is 23.3 Å². The second kappa shape index (κ2) is 11.7. The number of nitro benzene ring substituents is 1. The molecule has 2 atom stereocenters. The number of rotatable bonds is 11. The number of carbonyl (C=O) groups is 1. The van der Waals surface area contributed by atoms with Crippen molar-refractivity contribution >= 4 is 11.6 Å². The molecule has 29 heavy (non-hydrogen) atoms. The summed E-state index contributed by atoms with van der Waals surface area (Å²) in [7, 11) is 2.01. The zero-order valence-electron chi connectivity index (χ0n) is 17.2. The summed E-state index contributed by atoms with van der Waals surface area (Å²) in [5.74, 6) is 0.498. The van der Waals surface area contributed by atoms with E-state index in [1.807, 2.05) is 7.05 Å². The number of nitrogens with one attached hydrogen (secondary N) is 2. The molecule has 1 amide bonds. The van der Waals surface area contributed by atoms with Gasteiger partial charge in [0.1, 0.15) is 5.75 Å². The molecular formula is C20H32N4O5. The number of aliphatic hydroxyl groups excluding tert-OH is 1. The maximum absolute atomic E-state index is 12.0. The number of likely N-dealkylation sites (N-methyl/N-ethyl adjacent to an activating group) is 1. The van der Waals surface area contributed by atoms with Gasteiger partial charge in [-0.15, -0.1) is 0 Å². The Morgan fingerprint density at radius 3 is 2.86 bits per heavy atom. The lowest BCUT2D eigenvalue weighted by molar-refractivity contribution is -0.386. The highest BCUT2D eigenvalue weighted by Gasteiger charge is 2.20. The Kier molecular flexibility index (Phi) is 9.30. The standard InChI is InChI=1S/C20H32N4O5/c1-15(25)17-9-8-16(13-18(17)24(27)28)29-12-6-4-3-5-7-20(26)22-19-14-21-10-11-23(19)2/h8-9,13,15,19,21,25H,3-7,10-12,14H2,1-2H3,(H,22,26). The molecule has 9 nitrogen and oxygen atoms in total. The van der Waals surface area contributed by atoms with Gasteiger partial charge in [0.2, 0.25) is 5.91 Å². The SMILES string of the molecule is CC(O)c1ccc(OCCCCCCC(=O)NC2CNCCN2C)cc1[N+](=O)[O-]. The molecule has 0 radical (unpaired) electrons. The van der Waals surface area contributed by atoms with Crippen molar-refractivity contribution in [2.75, 3.05) is 33.3 Å². The maximum Gasteiger partial charge on any atom is 0.278 e. The van der Waals surface area contributed by atoms with Crippen LogP contribution in [0.3, 0.4) is 0 Å². The number of hydrogen-bond acceptors (Lipinski definition) is 7. The molecular weight excluding hydrogens is 376 g/mol. The van der Waals surface area contributed by atoms with E-state index in [1.165, 1.54) is 19.1 Å². The summed E-state index contributed by atoms with van der Waals surface area (Å²) in [6.07, 6.45) is 3.15. The molecule has 3 N–H and O–H groups in total. The fraction of sp³-hybridized carbons (Fsp3) is 0.650. The lowest BCUT2D eigenvalue weighted by Crippen LogP contribution is -2.57. The van der Waals surface area contributed by atoms with Crippen LogP contribution in [0.2, 0.25) is 0 Å². The van der Waals surface area contributed by atoms with Gasteiger partial charge in [0.25, 0.3) is 5.69 Å². The van der Waals surface area contributed by atoms with Crippen LogP contribution >= 0.6 is 0 Å². The number of aliphatic hydroxyl groups is 1. The largest absolute Gasteiger partial charge is 0.493 e. The molecule has 9 heteroatoms. The van der Waals surface area contributed by atoms with Crippen LogP contribution in [0.15, 0.2) is 18.2 Å². The topological polar surface area (TPSA) is 117 Å². The van der Waals surface area contributed by atoms with Gasteiger partial charge in [-0.25, -0.2) is 0 Å². The number of carbonyl (C=O) groups excluding carboxylic acids is 1. The number of benzene rings is 1. The quantitative estimate of drug-likeness (QED) is 0.291. The first kappa shape index (κ1) is 23.1. The highest BCUT2D eigenvalue weighted by Crippen LogP contribution is 2.29. The van der Waals surface area contributed by atoms with Crippen LogP contribution in [0.25, 0.3) is 0 Å². The van der Waals surface area contributed by atoms with E-state index >= 15 is 0 Å². The summed E-state index contributed by atoms with van der Waals surface area (Å²) in [5, 5.41) is 27.0. The summed E-state index contributed by atoms with van der Waals surface area (Å²) >= 11 is 0. The summed E-state index contributed by atoms with van der Waals surface area (Å²) in [6, 6.07) is 4.51. The second-order valence-corrected chi connectivity index (χ2v) is 7.43. The van der Waals surface area contributed by atoms with Crippen LogP contribution in [-0.2, 0) is 4.79 Å². The predicted molar refractivity (Wildman–Crippen MR) is 110 cm³/mol. The van der Waals surface area contributed by atoms with Gasteiger partial charge in [-0.3, -0.25) is 19.8 Å². The van der Waals surface area contributed by atoms with Gasteiger partial charge in [-0.05, 0) is 38.9 Å². The monoisotopic (exact) mass is 408 g/mol. The molecule has 1 aliphatic heterocycles. The number of ether oxygens (including phenoxy) is 1. The van der Waals surface area contributed by atoms with Crippen molar-refractivity contribution in [2.24, 2.45) is 0 Å². The first-order valence-electron chi connectivity index (χ1n) is 10.2. The van der Waals surface area contributed by atoms with Gasteiger partial charge < -0.3 is 20.5 Å². The fourth-order valence-corrected chi connectivity index (χ4v) is 3.28. The Morgan fingerprint density at radius 1 is 1.41 bits per heavy atom. The Morgan fingerprint density at radius 2 is 2.17 bits per heavy atom. The smallest absolute Gasteiger partial charge is 0.278 e. The van der Waals surface area contributed by atoms with E-state index in [0.717, 1.165) is 45.3 Å². The molecule has 1 aliphatic rings. The van der Waals surface area contributed by atoms with E-state index in [1.54, 1.807) is 6.07 Å². The highest BCUT2D eigenvalue weighted by molar-refractivity contribution is 5.76. The molecule has 0 spiro atoms.